The highest BCUT2D eigenvalue weighted by Crippen LogP contribution is 2.51. The largest absolute Gasteiger partial charge is 0.390 e. The summed E-state index contributed by atoms with van der Waals surface area (Å²) in [6, 6.07) is 0. The van der Waals surface area contributed by atoms with Crippen molar-refractivity contribution in [3.05, 3.63) is 18.7 Å². The zero-order valence-corrected chi connectivity index (χ0v) is 73.7. The van der Waals surface area contributed by atoms with Crippen LogP contribution in [0.3, 0.4) is 0 Å². The van der Waals surface area contributed by atoms with Crippen molar-refractivity contribution in [1.82, 2.24) is 8.96 Å². The van der Waals surface area contributed by atoms with E-state index in [1.807, 2.05) is 27.7 Å². The predicted octanol–water partition coefficient (Wildman–Crippen LogP) is 7.25. The zero-order valence-electron chi connectivity index (χ0n) is 72.0. The number of rotatable bonds is 12. The molecule has 0 aliphatic carbocycles. The van der Waals surface area contributed by atoms with Gasteiger partial charge in [-0.05, 0) is 151 Å². The number of halogens is 5. The highest BCUT2D eigenvalue weighted by molar-refractivity contribution is 8.07. The Bertz CT molecular complexity index is 3550. The Labute approximate surface area is 700 Å². The molecular weight excluding hydrogens is 1650 g/mol. The summed E-state index contributed by atoms with van der Waals surface area (Å²) in [6.45, 7) is 42.8. The fraction of sp³-hybridized carbons (Fsp3) is 0.962. The van der Waals surface area contributed by atoms with Crippen molar-refractivity contribution >= 4 is 22.1 Å². The summed E-state index contributed by atoms with van der Waals surface area (Å²) in [7, 11) is -4.13. The number of aliphatic hydroxyl groups is 2. The van der Waals surface area contributed by atoms with E-state index in [0.717, 1.165) is 22.5 Å². The van der Waals surface area contributed by atoms with Gasteiger partial charge >= 0.3 is 10.3 Å². The molecule has 0 amide bonds. The van der Waals surface area contributed by atoms with Gasteiger partial charge in [-0.1, -0.05) is 27.2 Å². The molecule has 19 aliphatic heterocycles. The van der Waals surface area contributed by atoms with Crippen LogP contribution in [0, 0.1) is 5.92 Å². The highest BCUT2D eigenvalue weighted by Gasteiger charge is 2.66. The van der Waals surface area contributed by atoms with Crippen molar-refractivity contribution in [3.63, 3.8) is 0 Å². The Kier molecular flexibility index (Phi) is 27.2. The fourth-order valence-corrected chi connectivity index (χ4v) is 18.7. The molecule has 42 heteroatoms. The molecule has 19 saturated heterocycles. The molecule has 690 valence electrons. The van der Waals surface area contributed by atoms with Crippen LogP contribution in [-0.2, 0) is 147 Å². The number of alkyl halides is 5. The fourth-order valence-electron chi connectivity index (χ4n) is 17.0. The first-order chi connectivity index (χ1) is 55.6. The van der Waals surface area contributed by atoms with Gasteiger partial charge in [-0.3, -0.25) is 0 Å². The first-order valence-corrected chi connectivity index (χ1v) is 43.8. The van der Waals surface area contributed by atoms with Crippen LogP contribution in [0.4, 0.5) is 22.0 Å². The van der Waals surface area contributed by atoms with Crippen LogP contribution in [0.15, 0.2) is 18.7 Å². The SMILES string of the molecule is CC1(C)O[C@H]2O[C@H]([C@@H]3CO3)[C@H](F)[C@H]2O1.CC1(C)O[C@H]2O[C@H]([C@H]3COC(C)(C)O3)[C@@H](O)[C@H]2O1.CC1(C)O[C@H]2O[C@H]([C@H]3COC(C)(C)O3)[C@@H](OS(=O)(=O)n3ccnc3)[C@H]2O1.CC1(C)O[C@H]2O[C@H]([C@H]3COC(C)(C)O3)[C@H](F)[C@H]2O1.CC1(C)O[C@H]2O[C@H]([C@H]3CS3)[C@H](F)[C@H]2O1.CC[C@@H](C)[C@H]1O[C@@H]2OC(C)(C)O[C@@H]2[C@H]1F.CC[C@@H](O)[C@H]1O[C@@H]2OC(C)(C)O[C@@H]2[C@H]1F. The van der Waals surface area contributed by atoms with E-state index in [0.29, 0.717) is 31.5 Å². The number of aliphatic hydroxyl groups excluding tert-OH is 2. The van der Waals surface area contributed by atoms with Crippen LogP contribution in [0.2, 0.25) is 0 Å². The summed E-state index contributed by atoms with van der Waals surface area (Å²) in [5, 5.41) is 20.1. The summed E-state index contributed by atoms with van der Waals surface area (Å²) in [5.41, 5.74) is 0. The summed E-state index contributed by atoms with van der Waals surface area (Å²) in [4.78, 5) is 3.74. The standard InChI is InChI=1S/C15H22N2O8S.C12H19FO5.C12H20O6.C11H19FO3.C10H17FO4.C9H13FO4.C9H13FO3S/c1-14(2)20-7-9(22-14)10-11(12-13(21-10)24-15(3,4)23-12)25-26(18,19)17-6-5-16-8-17;2*1-11(2)14-5-6(16-11)8-7(13)9-10(15-8)18-12(3,4)17-9;1-5-6(2)8-7(12)9-10(13-8)15-11(3,4)14-9;1-4-5(12)7-6(11)8-9(13-7)15-10(2,3)14-8;1-9(2)13-7-5(10)6(4-3-11-4)12-8(7)14-9;1-9(2)12-7-5(10)6(4-3-14-4)11-8(7)13-9/h5-6,8-13H,7H2,1-4H3;6-10H,5H2,1-4H3;6-10,13H,5H2,1-4H3;6-10H,5H2,1-4H3;5-9,12H,4H2,1-3H3;2*4-8H,3H2,1-2H3/t9-,10-,11-,12-,13-;6-,7+,8-,9-,10-;6-,7-,8-,9-,10-;6-,7+,8-,9-,10-;5-,6+,7-,8-,9-;4-,5-,6+,7+,8+;4-,5+,6-,7-,8-/m1111101/s1. The number of hydrogen-bond acceptors (Lipinski definition) is 35. The molecule has 35 atom stereocenters. The summed E-state index contributed by atoms with van der Waals surface area (Å²) in [5.74, 6) is -6.32. The minimum Gasteiger partial charge on any atom is -0.390 e. The van der Waals surface area contributed by atoms with Gasteiger partial charge in [0.1, 0.15) is 122 Å². The molecule has 0 saturated carbocycles. The number of thioether (sulfide) groups is 1. The van der Waals surface area contributed by atoms with Crippen LogP contribution in [0.1, 0.15) is 172 Å². The minimum absolute atomic E-state index is 0.106. The normalized spacial score (nSPS) is 47.3. The van der Waals surface area contributed by atoms with Crippen molar-refractivity contribution in [2.24, 2.45) is 5.92 Å². The van der Waals surface area contributed by atoms with Gasteiger partial charge in [0.05, 0.1) is 38.6 Å². The maximum Gasteiger partial charge on any atom is 0.367 e. The minimum atomic E-state index is -4.13. The Morgan fingerprint density at radius 2 is 0.733 bits per heavy atom. The average Bonchev–Trinajstić information content (AvgIpc) is 1.59. The van der Waals surface area contributed by atoms with Gasteiger partial charge in [-0.15, -0.1) is 0 Å². The third-order valence-corrected chi connectivity index (χ3v) is 24.9. The van der Waals surface area contributed by atoms with E-state index in [9.17, 15) is 40.6 Å². The molecule has 1 aromatic rings. The molecule has 20 heterocycles. The smallest absolute Gasteiger partial charge is 0.367 e. The average molecular weight is 1780 g/mol. The molecule has 20 rings (SSSR count). The lowest BCUT2D eigenvalue weighted by Crippen LogP contribution is -2.45. The second-order valence-corrected chi connectivity index (χ2v) is 40.1. The predicted molar refractivity (Wildman–Crippen MR) is 399 cm³/mol. The first kappa shape index (κ1) is 94.0. The van der Waals surface area contributed by atoms with Crippen LogP contribution < -0.4 is 0 Å². The van der Waals surface area contributed by atoms with Crippen LogP contribution in [0.25, 0.3) is 0 Å². The van der Waals surface area contributed by atoms with E-state index in [2.05, 4.69) is 4.98 Å². The van der Waals surface area contributed by atoms with Gasteiger partial charge in [0.15, 0.2) is 133 Å². The Morgan fingerprint density at radius 3 is 1.09 bits per heavy atom. The number of imidazole rings is 1. The molecule has 2 N–H and O–H groups in total. The number of ether oxygens (including phenoxy) is 28. The Balaban J connectivity index is 0.000000116. The van der Waals surface area contributed by atoms with E-state index in [1.165, 1.54) is 12.4 Å². The lowest BCUT2D eigenvalue weighted by Gasteiger charge is -2.28. The second-order valence-electron chi connectivity index (χ2n) is 37.3. The quantitative estimate of drug-likeness (QED) is 0.154. The van der Waals surface area contributed by atoms with Gasteiger partial charge < -0.3 is 143 Å². The molecular formula is C78H123F5N2O33S2. The van der Waals surface area contributed by atoms with E-state index in [1.54, 1.807) is 143 Å². The molecule has 120 heavy (non-hydrogen) atoms. The molecule has 0 radical (unpaired) electrons. The second kappa shape index (κ2) is 34.7. The Hall–Kier alpha value is -2.08. The Morgan fingerprint density at radius 1 is 0.408 bits per heavy atom. The van der Waals surface area contributed by atoms with Crippen molar-refractivity contribution in [3.8, 4) is 0 Å². The van der Waals surface area contributed by atoms with Gasteiger partial charge in [0.25, 0.3) is 0 Å². The van der Waals surface area contributed by atoms with Crippen molar-refractivity contribution in [1.29, 1.82) is 0 Å². The van der Waals surface area contributed by atoms with Crippen molar-refractivity contribution in [2.75, 3.05) is 32.2 Å². The molecule has 0 aromatic carbocycles. The molecule has 35 nitrogen and oxygen atoms in total. The maximum atomic E-state index is 14.3. The summed E-state index contributed by atoms with van der Waals surface area (Å²) >= 11 is 1.73. The topological polar surface area (TPSA) is 363 Å². The van der Waals surface area contributed by atoms with E-state index < -0.39 is 247 Å². The van der Waals surface area contributed by atoms with Crippen LogP contribution in [0.5, 0.6) is 0 Å². The lowest BCUT2D eigenvalue weighted by molar-refractivity contribution is -0.232. The molecule has 0 spiro atoms. The van der Waals surface area contributed by atoms with Gasteiger partial charge in [0, 0.05) is 23.4 Å². The number of epoxide rings is 1. The third-order valence-electron chi connectivity index (χ3n) is 22.7. The van der Waals surface area contributed by atoms with E-state index >= 15 is 0 Å². The maximum absolute atomic E-state index is 14.3. The lowest BCUT2D eigenvalue weighted by atomic mass is 9.97. The van der Waals surface area contributed by atoms with E-state index in [4.69, 9.17) is 137 Å². The first-order valence-electron chi connectivity index (χ1n) is 41.4. The third kappa shape index (κ3) is 21.2. The number of nitrogens with zero attached hydrogens (tertiary/aromatic N) is 2. The zero-order chi connectivity index (χ0) is 87.3. The summed E-state index contributed by atoms with van der Waals surface area (Å²) in [6.07, 6.45) is -17.1. The molecule has 19 fully saturated rings. The monoisotopic (exact) mass is 1770 g/mol. The van der Waals surface area contributed by atoms with E-state index in [-0.39, 0.29) is 36.9 Å². The number of fused-ring (bicyclic) bond motifs is 7. The molecule has 0 unspecified atom stereocenters. The van der Waals surface area contributed by atoms with Crippen LogP contribution >= 0.6 is 11.8 Å². The van der Waals surface area contributed by atoms with Crippen molar-refractivity contribution < 1.29 is 177 Å². The molecule has 1 aromatic heterocycles. The van der Waals surface area contributed by atoms with Crippen LogP contribution in [-0.4, -0.2) is 326 Å². The van der Waals surface area contributed by atoms with Gasteiger partial charge in [-0.25, -0.2) is 35.1 Å². The highest BCUT2D eigenvalue weighted by atomic mass is 32.2. The molecule has 19 aliphatic rings. The van der Waals surface area contributed by atoms with Gasteiger partial charge in [-0.2, -0.15) is 20.2 Å². The summed E-state index contributed by atoms with van der Waals surface area (Å²) < 4.78 is 256. The number of aromatic nitrogens is 2. The van der Waals surface area contributed by atoms with Gasteiger partial charge in [0.2, 0.25) is 0 Å². The molecule has 0 bridgehead atoms. The van der Waals surface area contributed by atoms with Crippen molar-refractivity contribution in [2.45, 2.75) is 438 Å². The number of hydrogen-bond donors (Lipinski definition) is 2.